The molecular formula is C11H16N2O2. The molecule has 2 heterocycles. The molecule has 15 heavy (non-hydrogen) atoms. The van der Waals surface area contributed by atoms with Crippen molar-refractivity contribution in [2.24, 2.45) is 5.73 Å². The second-order valence-corrected chi connectivity index (χ2v) is 4.17. The maximum Gasteiger partial charge on any atom is 0.289 e. The zero-order chi connectivity index (χ0) is 11.0. The van der Waals surface area contributed by atoms with Gasteiger partial charge in [-0.1, -0.05) is 0 Å². The molecule has 1 aromatic rings. The van der Waals surface area contributed by atoms with Gasteiger partial charge in [-0.2, -0.15) is 0 Å². The molecule has 4 heteroatoms. The lowest BCUT2D eigenvalue weighted by molar-refractivity contribution is 0.0757. The minimum absolute atomic E-state index is 0.0337. The largest absolute Gasteiger partial charge is 0.456 e. The number of rotatable bonds is 1. The van der Waals surface area contributed by atoms with E-state index in [0.29, 0.717) is 12.3 Å². The van der Waals surface area contributed by atoms with Crippen LogP contribution in [-0.4, -0.2) is 29.9 Å². The van der Waals surface area contributed by atoms with E-state index in [0.717, 1.165) is 24.3 Å². The molecule has 82 valence electrons. The number of nitrogens with zero attached hydrogens (tertiary/aromatic N) is 1. The molecule has 2 rings (SSSR count). The molecule has 1 saturated heterocycles. The molecule has 0 spiro atoms. The first kappa shape index (κ1) is 10.2. The van der Waals surface area contributed by atoms with E-state index in [4.69, 9.17) is 10.2 Å². The highest BCUT2D eigenvalue weighted by Crippen LogP contribution is 2.18. The molecule has 1 fully saturated rings. The Morgan fingerprint density at radius 3 is 2.80 bits per heavy atom. The summed E-state index contributed by atoms with van der Waals surface area (Å²) < 4.78 is 5.39. The van der Waals surface area contributed by atoms with Crippen LogP contribution >= 0.6 is 0 Å². The molecule has 0 saturated carbocycles. The summed E-state index contributed by atoms with van der Waals surface area (Å²) in [6, 6.07) is 1.99. The monoisotopic (exact) mass is 208 g/mol. The smallest absolute Gasteiger partial charge is 0.289 e. The summed E-state index contributed by atoms with van der Waals surface area (Å²) in [4.78, 5) is 13.8. The quantitative estimate of drug-likeness (QED) is 0.751. The maximum atomic E-state index is 12.0. The number of hydrogen-bond acceptors (Lipinski definition) is 3. The highest BCUT2D eigenvalue weighted by atomic mass is 16.4. The second kappa shape index (κ2) is 3.70. The third-order valence-electron chi connectivity index (χ3n) is 2.75. The minimum atomic E-state index is -0.0337. The molecular weight excluding hydrogens is 192 g/mol. The van der Waals surface area contributed by atoms with E-state index in [9.17, 15) is 4.79 Å². The van der Waals surface area contributed by atoms with Crippen molar-refractivity contribution in [2.45, 2.75) is 26.3 Å². The predicted molar refractivity (Wildman–Crippen MR) is 56.7 cm³/mol. The fraction of sp³-hybridized carbons (Fsp3) is 0.545. The summed E-state index contributed by atoms with van der Waals surface area (Å²) in [7, 11) is 0. The lowest BCUT2D eigenvalue weighted by Crippen LogP contribution is -2.31. The number of carbonyl (C=O) groups is 1. The van der Waals surface area contributed by atoms with E-state index < -0.39 is 0 Å². The van der Waals surface area contributed by atoms with Crippen molar-refractivity contribution in [2.75, 3.05) is 13.1 Å². The minimum Gasteiger partial charge on any atom is -0.456 e. The number of carbonyl (C=O) groups excluding carboxylic acids is 1. The Kier molecular flexibility index (Phi) is 2.52. The maximum absolute atomic E-state index is 12.0. The molecule has 1 aromatic heterocycles. The van der Waals surface area contributed by atoms with Crippen LogP contribution in [0.5, 0.6) is 0 Å². The van der Waals surface area contributed by atoms with Gasteiger partial charge in [-0.05, 0) is 26.3 Å². The Morgan fingerprint density at radius 2 is 2.33 bits per heavy atom. The van der Waals surface area contributed by atoms with E-state index in [-0.39, 0.29) is 11.9 Å². The lowest BCUT2D eigenvalue weighted by Gasteiger charge is -2.14. The summed E-state index contributed by atoms with van der Waals surface area (Å²) in [5.41, 5.74) is 6.66. The molecule has 4 nitrogen and oxygen atoms in total. The summed E-state index contributed by atoms with van der Waals surface area (Å²) in [5, 5.41) is 0. The predicted octanol–water partition coefficient (Wildman–Crippen LogP) is 1.07. The number of hydrogen-bond donors (Lipinski definition) is 1. The Bertz CT molecular complexity index is 384. The molecule has 2 N–H and O–H groups in total. The SMILES string of the molecule is Cc1cc(C)c(C(=O)N2CC[C@@H](N)C2)o1. The normalized spacial score (nSPS) is 21.0. The molecule has 1 aliphatic rings. The van der Waals surface area contributed by atoms with Crippen molar-refractivity contribution in [3.05, 3.63) is 23.2 Å². The molecule has 0 aromatic carbocycles. The zero-order valence-corrected chi connectivity index (χ0v) is 9.12. The Morgan fingerprint density at radius 1 is 1.60 bits per heavy atom. The van der Waals surface area contributed by atoms with Gasteiger partial charge in [0.15, 0.2) is 5.76 Å². The molecule has 1 aliphatic heterocycles. The topological polar surface area (TPSA) is 59.5 Å². The van der Waals surface area contributed by atoms with E-state index in [1.165, 1.54) is 0 Å². The Hall–Kier alpha value is -1.29. The summed E-state index contributed by atoms with van der Waals surface area (Å²) in [6.07, 6.45) is 0.879. The highest BCUT2D eigenvalue weighted by molar-refractivity contribution is 5.93. The van der Waals surface area contributed by atoms with Crippen molar-refractivity contribution in [1.29, 1.82) is 0 Å². The van der Waals surface area contributed by atoms with Gasteiger partial charge in [0.25, 0.3) is 5.91 Å². The van der Waals surface area contributed by atoms with E-state index in [1.54, 1.807) is 4.90 Å². The van der Waals surface area contributed by atoms with E-state index in [2.05, 4.69) is 0 Å². The third kappa shape index (κ3) is 1.90. The van der Waals surface area contributed by atoms with Crippen LogP contribution in [0, 0.1) is 13.8 Å². The van der Waals surface area contributed by atoms with Crippen LogP contribution in [0.2, 0.25) is 0 Å². The average molecular weight is 208 g/mol. The van der Waals surface area contributed by atoms with Crippen molar-refractivity contribution in [3.63, 3.8) is 0 Å². The number of likely N-dealkylation sites (tertiary alicyclic amines) is 1. The van der Waals surface area contributed by atoms with Crippen LogP contribution in [-0.2, 0) is 0 Å². The first-order valence-corrected chi connectivity index (χ1v) is 5.20. The van der Waals surface area contributed by atoms with Crippen molar-refractivity contribution in [3.8, 4) is 0 Å². The van der Waals surface area contributed by atoms with Crippen LogP contribution in [0.3, 0.4) is 0 Å². The molecule has 0 bridgehead atoms. The first-order valence-electron chi connectivity index (χ1n) is 5.20. The standard InChI is InChI=1S/C11H16N2O2/c1-7-5-8(2)15-10(7)11(14)13-4-3-9(12)6-13/h5,9H,3-4,6,12H2,1-2H3/t9-/m1/s1. The number of amides is 1. The molecule has 0 aliphatic carbocycles. The zero-order valence-electron chi connectivity index (χ0n) is 9.12. The van der Waals surface area contributed by atoms with E-state index >= 15 is 0 Å². The van der Waals surface area contributed by atoms with Gasteiger partial charge in [0, 0.05) is 24.7 Å². The van der Waals surface area contributed by atoms with Gasteiger partial charge < -0.3 is 15.1 Å². The van der Waals surface area contributed by atoms with Gasteiger partial charge in [-0.25, -0.2) is 0 Å². The second-order valence-electron chi connectivity index (χ2n) is 4.17. The van der Waals surface area contributed by atoms with Crippen LogP contribution < -0.4 is 5.73 Å². The average Bonchev–Trinajstić information content (AvgIpc) is 2.71. The summed E-state index contributed by atoms with van der Waals surface area (Å²) >= 11 is 0. The fourth-order valence-corrected chi connectivity index (χ4v) is 1.97. The lowest BCUT2D eigenvalue weighted by atomic mass is 10.2. The van der Waals surface area contributed by atoms with Crippen LogP contribution in [0.15, 0.2) is 10.5 Å². The van der Waals surface area contributed by atoms with Gasteiger partial charge in [0.05, 0.1) is 0 Å². The summed E-state index contributed by atoms with van der Waals surface area (Å²) in [5.74, 6) is 1.20. The number of aryl methyl sites for hydroxylation is 2. The highest BCUT2D eigenvalue weighted by Gasteiger charge is 2.27. The van der Waals surface area contributed by atoms with Gasteiger partial charge in [-0.15, -0.1) is 0 Å². The fourth-order valence-electron chi connectivity index (χ4n) is 1.97. The van der Waals surface area contributed by atoms with E-state index in [1.807, 2.05) is 19.9 Å². The van der Waals surface area contributed by atoms with Crippen LogP contribution in [0.4, 0.5) is 0 Å². The van der Waals surface area contributed by atoms with Crippen LogP contribution in [0.1, 0.15) is 28.3 Å². The molecule has 0 unspecified atom stereocenters. The Balaban J connectivity index is 2.17. The molecule has 1 atom stereocenters. The summed E-state index contributed by atoms with van der Waals surface area (Å²) in [6.45, 7) is 5.11. The molecule has 1 amide bonds. The van der Waals surface area contributed by atoms with Crippen LogP contribution in [0.25, 0.3) is 0 Å². The van der Waals surface area contributed by atoms with Gasteiger partial charge in [0.1, 0.15) is 5.76 Å². The number of nitrogens with two attached hydrogens (primary N) is 1. The first-order chi connectivity index (χ1) is 7.08. The van der Waals surface area contributed by atoms with Gasteiger partial charge >= 0.3 is 0 Å². The molecule has 0 radical (unpaired) electrons. The van der Waals surface area contributed by atoms with Crippen molar-refractivity contribution >= 4 is 5.91 Å². The van der Waals surface area contributed by atoms with Crippen molar-refractivity contribution < 1.29 is 9.21 Å². The van der Waals surface area contributed by atoms with Gasteiger partial charge in [-0.3, -0.25) is 4.79 Å². The van der Waals surface area contributed by atoms with Crippen molar-refractivity contribution in [1.82, 2.24) is 4.90 Å². The van der Waals surface area contributed by atoms with Gasteiger partial charge in [0.2, 0.25) is 0 Å². The third-order valence-corrected chi connectivity index (χ3v) is 2.75. The Labute approximate surface area is 89.0 Å². The number of furan rings is 1.